The van der Waals surface area contributed by atoms with Crippen molar-refractivity contribution < 1.29 is 19.1 Å². The number of esters is 1. The van der Waals surface area contributed by atoms with Crippen LogP contribution in [0.1, 0.15) is 33.2 Å². The minimum Gasteiger partial charge on any atom is -0.468 e. The maximum Gasteiger partial charge on any atom is 0.326 e. The molecule has 0 saturated heterocycles. The van der Waals surface area contributed by atoms with Crippen molar-refractivity contribution in [1.82, 2.24) is 0 Å². The lowest BCUT2D eigenvalue weighted by molar-refractivity contribution is -0.143. The van der Waals surface area contributed by atoms with Gasteiger partial charge >= 0.3 is 5.97 Å². The lowest BCUT2D eigenvalue weighted by Crippen LogP contribution is -2.31. The van der Waals surface area contributed by atoms with E-state index >= 15 is 0 Å². The van der Waals surface area contributed by atoms with Crippen LogP contribution in [0.15, 0.2) is 42.5 Å². The molecule has 0 fully saturated rings. The van der Waals surface area contributed by atoms with Gasteiger partial charge in [-0.15, -0.1) is 11.8 Å². The maximum atomic E-state index is 12.6. The average molecular weight is 390 g/mol. The monoisotopic (exact) mass is 389 g/mol. The van der Waals surface area contributed by atoms with Crippen LogP contribution in [-0.4, -0.2) is 31.1 Å². The van der Waals surface area contributed by atoms with Gasteiger partial charge in [0.25, 0.3) is 11.8 Å². The number of fused-ring (bicyclic) bond motifs is 1. The minimum absolute atomic E-state index is 0.209. The van der Waals surface area contributed by atoms with E-state index in [-0.39, 0.29) is 10.7 Å². The van der Waals surface area contributed by atoms with Gasteiger partial charge in [0.1, 0.15) is 4.75 Å². The maximum absolute atomic E-state index is 12.6. The fourth-order valence-corrected chi connectivity index (χ4v) is 3.78. The van der Waals surface area contributed by atoms with E-state index in [1.807, 2.05) is 0 Å². The smallest absolute Gasteiger partial charge is 0.326 e. The number of benzene rings is 2. The molecule has 26 heavy (non-hydrogen) atoms. The van der Waals surface area contributed by atoms with E-state index in [1.165, 1.54) is 18.9 Å². The van der Waals surface area contributed by atoms with Gasteiger partial charge in [-0.25, -0.2) is 4.90 Å². The molecule has 2 aromatic carbocycles. The second-order valence-corrected chi connectivity index (χ2v) is 7.52. The Hall–Kier alpha value is -2.31. The number of anilines is 1. The molecule has 1 unspecified atom stereocenters. The zero-order chi connectivity index (χ0) is 19.1. The van der Waals surface area contributed by atoms with Crippen LogP contribution in [0.4, 0.5) is 5.69 Å². The summed E-state index contributed by atoms with van der Waals surface area (Å²) < 4.78 is 3.94. The average Bonchev–Trinajstić information content (AvgIpc) is 2.91. The molecule has 1 atom stereocenters. The quantitative estimate of drug-likeness (QED) is 0.586. The van der Waals surface area contributed by atoms with Crippen LogP contribution in [-0.2, 0) is 14.3 Å². The summed E-state index contributed by atoms with van der Waals surface area (Å²) in [7, 11) is 1.32. The van der Waals surface area contributed by atoms with Crippen molar-refractivity contribution in [1.29, 1.82) is 0 Å². The first-order valence-electron chi connectivity index (χ1n) is 7.76. The number of hydrogen-bond acceptors (Lipinski definition) is 5. The third-order valence-corrected chi connectivity index (χ3v) is 6.04. The Kier molecular flexibility index (Phi) is 4.82. The topological polar surface area (TPSA) is 63.7 Å². The van der Waals surface area contributed by atoms with Gasteiger partial charge in [-0.05, 0) is 43.0 Å². The number of halogens is 1. The Balaban J connectivity index is 2.04. The molecule has 3 rings (SSSR count). The van der Waals surface area contributed by atoms with Crippen molar-refractivity contribution in [2.75, 3.05) is 18.3 Å². The molecular weight excluding hydrogens is 374 g/mol. The molecule has 0 N–H and O–H groups in total. The number of carbonyl (C=O) groups excluding carboxylic acids is 3. The Labute approximate surface area is 160 Å². The van der Waals surface area contributed by atoms with E-state index in [4.69, 9.17) is 16.3 Å². The molecule has 1 heterocycles. The third-order valence-electron chi connectivity index (χ3n) is 4.52. The number of ether oxygens (including phenoxy) is 1. The summed E-state index contributed by atoms with van der Waals surface area (Å²) in [4.78, 5) is 38.5. The van der Waals surface area contributed by atoms with Crippen molar-refractivity contribution in [2.45, 2.75) is 11.7 Å². The minimum atomic E-state index is -0.946. The van der Waals surface area contributed by atoms with Crippen molar-refractivity contribution in [2.24, 2.45) is 0 Å². The molecular formula is C19H16ClNO4S. The molecule has 1 aliphatic heterocycles. The zero-order valence-electron chi connectivity index (χ0n) is 14.4. The van der Waals surface area contributed by atoms with Gasteiger partial charge in [-0.2, -0.15) is 0 Å². The summed E-state index contributed by atoms with van der Waals surface area (Å²) in [5.74, 6) is -1.24. The van der Waals surface area contributed by atoms with E-state index in [0.29, 0.717) is 16.7 Å². The normalized spacial score (nSPS) is 15.6. The standard InChI is InChI=1S/C19H16ClNO4S/c1-19(26-3,18(24)25-2)11-8-9-15(14(20)10-11)21-16(22)12-6-4-5-7-13(12)17(21)23/h4-10H,1-3H3. The molecule has 0 bridgehead atoms. The van der Waals surface area contributed by atoms with E-state index < -0.39 is 22.5 Å². The number of amides is 2. The molecule has 2 amide bonds. The molecule has 7 heteroatoms. The van der Waals surface area contributed by atoms with Gasteiger partial charge in [-0.3, -0.25) is 14.4 Å². The number of nitrogens with zero attached hydrogens (tertiary/aromatic N) is 1. The highest BCUT2D eigenvalue weighted by Crippen LogP contribution is 2.40. The van der Waals surface area contributed by atoms with Crippen molar-refractivity contribution >= 4 is 46.8 Å². The fourth-order valence-electron chi connectivity index (χ4n) is 2.91. The summed E-state index contributed by atoms with van der Waals surface area (Å²) in [6.45, 7) is 1.73. The predicted molar refractivity (Wildman–Crippen MR) is 102 cm³/mol. The molecule has 0 aliphatic carbocycles. The highest BCUT2D eigenvalue weighted by Gasteiger charge is 2.39. The van der Waals surface area contributed by atoms with Crippen LogP contribution >= 0.6 is 23.4 Å². The van der Waals surface area contributed by atoms with Crippen molar-refractivity contribution in [3.05, 3.63) is 64.2 Å². The Morgan fingerprint density at radius 1 is 1.12 bits per heavy atom. The number of hydrogen-bond donors (Lipinski definition) is 0. The molecule has 0 spiro atoms. The SMILES string of the molecule is COC(=O)C(C)(SC)c1ccc(N2C(=O)c3ccccc3C2=O)c(Cl)c1. The first kappa shape index (κ1) is 18.5. The summed E-state index contributed by atoms with van der Waals surface area (Å²) in [6, 6.07) is 11.5. The Morgan fingerprint density at radius 3 is 2.15 bits per heavy atom. The van der Waals surface area contributed by atoms with Crippen LogP contribution in [0.25, 0.3) is 0 Å². The van der Waals surface area contributed by atoms with Gasteiger partial charge in [0.15, 0.2) is 0 Å². The second kappa shape index (κ2) is 6.78. The van der Waals surface area contributed by atoms with Crippen LogP contribution in [0.3, 0.4) is 0 Å². The van der Waals surface area contributed by atoms with E-state index in [2.05, 4.69) is 0 Å². The van der Waals surface area contributed by atoms with E-state index in [9.17, 15) is 14.4 Å². The fraction of sp³-hybridized carbons (Fsp3) is 0.211. The Morgan fingerprint density at radius 2 is 1.69 bits per heavy atom. The third kappa shape index (κ3) is 2.70. The number of thioether (sulfide) groups is 1. The highest BCUT2D eigenvalue weighted by molar-refractivity contribution is 8.00. The van der Waals surface area contributed by atoms with E-state index in [0.717, 1.165) is 4.90 Å². The molecule has 134 valence electrons. The van der Waals surface area contributed by atoms with Crippen LogP contribution < -0.4 is 4.90 Å². The summed E-state index contributed by atoms with van der Waals surface area (Å²) in [6.07, 6.45) is 1.79. The summed E-state index contributed by atoms with van der Waals surface area (Å²) in [5.41, 5.74) is 1.61. The zero-order valence-corrected chi connectivity index (χ0v) is 16.0. The first-order chi connectivity index (χ1) is 12.3. The van der Waals surface area contributed by atoms with Crippen LogP contribution in [0, 0.1) is 0 Å². The molecule has 0 saturated carbocycles. The number of methoxy groups -OCH3 is 1. The Bertz CT molecular complexity index is 895. The second-order valence-electron chi connectivity index (χ2n) is 5.89. The first-order valence-corrected chi connectivity index (χ1v) is 9.37. The molecule has 2 aromatic rings. The van der Waals surface area contributed by atoms with E-state index in [1.54, 1.807) is 55.6 Å². The molecule has 0 radical (unpaired) electrons. The van der Waals surface area contributed by atoms with Gasteiger partial charge in [-0.1, -0.05) is 29.8 Å². The number of rotatable bonds is 4. The van der Waals surface area contributed by atoms with Gasteiger partial charge < -0.3 is 4.74 Å². The predicted octanol–water partition coefficient (Wildman–Crippen LogP) is 3.89. The number of imide groups is 1. The summed E-state index contributed by atoms with van der Waals surface area (Å²) in [5, 5.41) is 0.209. The van der Waals surface area contributed by atoms with Crippen molar-refractivity contribution in [3.8, 4) is 0 Å². The highest BCUT2D eigenvalue weighted by atomic mass is 35.5. The lowest BCUT2D eigenvalue weighted by Gasteiger charge is -2.26. The van der Waals surface area contributed by atoms with Crippen LogP contribution in [0.2, 0.25) is 5.02 Å². The van der Waals surface area contributed by atoms with Crippen LogP contribution in [0.5, 0.6) is 0 Å². The van der Waals surface area contributed by atoms with Gasteiger partial charge in [0, 0.05) is 0 Å². The van der Waals surface area contributed by atoms with Gasteiger partial charge in [0.05, 0.1) is 28.9 Å². The molecule has 1 aliphatic rings. The number of carbonyl (C=O) groups is 3. The molecule has 5 nitrogen and oxygen atoms in total. The largest absolute Gasteiger partial charge is 0.468 e. The lowest BCUT2D eigenvalue weighted by atomic mass is 9.99. The summed E-state index contributed by atoms with van der Waals surface area (Å²) >= 11 is 7.70. The molecule has 0 aromatic heterocycles. The van der Waals surface area contributed by atoms with Gasteiger partial charge in [0.2, 0.25) is 0 Å². The van der Waals surface area contributed by atoms with Crippen molar-refractivity contribution in [3.63, 3.8) is 0 Å².